The fraction of sp³-hybridized carbons (Fsp3) is 0.374. The van der Waals surface area contributed by atoms with Gasteiger partial charge in [-0.3, -0.25) is 0 Å². The Hall–Kier alpha value is -9.13. The Morgan fingerprint density at radius 3 is 0.674 bits per heavy atom. The molecule has 6 fully saturated rings. The molecule has 6 aliphatic carbocycles. The van der Waals surface area contributed by atoms with Crippen molar-refractivity contribution in [2.45, 2.75) is 322 Å². The Labute approximate surface area is 785 Å². The first kappa shape index (κ1) is 100. The third-order valence-electron chi connectivity index (χ3n) is 27.1. The van der Waals surface area contributed by atoms with E-state index in [0.717, 1.165) is 101 Å². The van der Waals surface area contributed by atoms with E-state index in [1.165, 1.54) is 146 Å². The Kier molecular flexibility index (Phi) is 36.8. The summed E-state index contributed by atoms with van der Waals surface area (Å²) >= 11 is 0. The topological polar surface area (TPSA) is 34.1 Å². The molecule has 0 unspecified atom stereocenters. The molecule has 0 aromatic heterocycles. The predicted molar refractivity (Wildman–Crippen MR) is 520 cm³/mol. The van der Waals surface area contributed by atoms with E-state index in [4.69, 9.17) is 0 Å². The van der Waals surface area contributed by atoms with Gasteiger partial charge in [0.2, 0.25) is 5.82 Å². The number of alkyl halides is 6. The normalized spacial score (nSPS) is 16.5. The first-order chi connectivity index (χ1) is 63.8. The van der Waals surface area contributed by atoms with Crippen LogP contribution in [0.15, 0.2) is 340 Å². The Morgan fingerprint density at radius 2 is 0.447 bits per heavy atom. The fourth-order valence-corrected chi connectivity index (χ4v) is 28.0. The molecule has 0 spiro atoms. The molecule has 0 saturated heterocycles. The highest BCUT2D eigenvalue weighted by atomic mass is 32.2. The first-order valence-electron chi connectivity index (χ1n) is 47.7. The molecule has 0 amide bonds. The first-order valence-corrected chi connectivity index (χ1v) is 52.9. The summed E-state index contributed by atoms with van der Waals surface area (Å²) in [6.07, 6.45) is 33.9. The second kappa shape index (κ2) is 48.4. The minimum absolute atomic E-state index is 0.0146. The molecule has 12 aromatic rings. The number of hydrogen-bond acceptors (Lipinski definition) is 2. The zero-order chi connectivity index (χ0) is 93.2. The van der Waals surface area contributed by atoms with E-state index < -0.39 is 66.5 Å². The average Bonchev–Trinajstić information content (AvgIpc) is 0.711. The maximum atomic E-state index is 15.3. The third-order valence-corrected chi connectivity index (χ3v) is 35.7. The number of sulfone groups is 1. The van der Waals surface area contributed by atoms with Crippen LogP contribution in [0.5, 0.6) is 0 Å². The minimum Gasteiger partial charge on any atom is -0.217 e. The summed E-state index contributed by atoms with van der Waals surface area (Å²) in [6.45, 7) is 5.06. The van der Waals surface area contributed by atoms with Crippen LogP contribution in [0.1, 0.15) is 285 Å². The lowest BCUT2D eigenvalue weighted by atomic mass is 9.74. The molecule has 0 radical (unpaired) electrons. The van der Waals surface area contributed by atoms with E-state index in [-0.39, 0.29) is 68.5 Å². The summed E-state index contributed by atoms with van der Waals surface area (Å²) in [6, 6.07) is 103. The van der Waals surface area contributed by atoms with Crippen LogP contribution in [0.25, 0.3) is 0 Å². The van der Waals surface area contributed by atoms with Crippen molar-refractivity contribution in [2.24, 2.45) is 0 Å². The minimum atomic E-state index is -6.15. The largest absolute Gasteiger partial charge is 0.417 e. The lowest BCUT2D eigenvalue weighted by Gasteiger charge is -2.35. The van der Waals surface area contributed by atoms with Crippen molar-refractivity contribution in [3.63, 3.8) is 0 Å². The summed E-state index contributed by atoms with van der Waals surface area (Å²) in [5.41, 5.74) is 8.58. The van der Waals surface area contributed by atoms with Crippen LogP contribution < -0.4 is 0 Å². The van der Waals surface area contributed by atoms with E-state index in [9.17, 15) is 47.9 Å². The van der Waals surface area contributed by atoms with E-state index in [2.05, 4.69) is 293 Å². The molecule has 17 heteroatoms. The van der Waals surface area contributed by atoms with E-state index in [1.807, 2.05) is 0 Å². The van der Waals surface area contributed by atoms with Crippen molar-refractivity contribution in [1.29, 1.82) is 0 Å². The smallest absolute Gasteiger partial charge is 0.217 e. The van der Waals surface area contributed by atoms with E-state index in [0.29, 0.717) is 25.7 Å². The second-order valence-electron chi connectivity index (χ2n) is 36.3. The Balaban J connectivity index is 0.000000139. The fourth-order valence-electron chi connectivity index (χ4n) is 19.9. The van der Waals surface area contributed by atoms with Gasteiger partial charge in [-0.2, -0.15) is 26.3 Å². The van der Waals surface area contributed by atoms with Crippen molar-refractivity contribution in [2.75, 3.05) is 0 Å². The molecular formula is C115H126F11O2S4+3. The van der Waals surface area contributed by atoms with Gasteiger partial charge in [0, 0.05) is 12.5 Å². The molecular weight excluding hydrogens is 1750 g/mol. The maximum Gasteiger partial charge on any atom is 0.417 e. The van der Waals surface area contributed by atoms with Crippen LogP contribution in [0.3, 0.4) is 0 Å². The van der Waals surface area contributed by atoms with Crippen molar-refractivity contribution in [3.05, 3.63) is 370 Å². The molecule has 6 aliphatic rings. The zero-order valence-corrected chi connectivity index (χ0v) is 79.8. The average molecular weight is 1880 g/mol. The summed E-state index contributed by atoms with van der Waals surface area (Å²) < 4.78 is 176. The van der Waals surface area contributed by atoms with Crippen molar-refractivity contribution in [3.8, 4) is 0 Å². The van der Waals surface area contributed by atoms with Crippen molar-refractivity contribution in [1.82, 2.24) is 0 Å². The van der Waals surface area contributed by atoms with E-state index >= 15 is 8.78 Å². The number of aryl methyl sites for hydroxylation is 1. The van der Waals surface area contributed by atoms with Crippen LogP contribution in [-0.4, -0.2) is 25.5 Å². The van der Waals surface area contributed by atoms with Gasteiger partial charge in [0.05, 0.1) is 37.6 Å². The molecule has 0 aliphatic heterocycles. The molecule has 0 atom stereocenters. The molecule has 696 valence electrons. The van der Waals surface area contributed by atoms with Gasteiger partial charge in [0.1, 0.15) is 0 Å². The van der Waals surface area contributed by atoms with Gasteiger partial charge in [-0.05, 0) is 281 Å². The van der Waals surface area contributed by atoms with E-state index in [1.54, 1.807) is 34.4 Å². The quantitative estimate of drug-likeness (QED) is 0.0350. The predicted octanol–water partition coefficient (Wildman–Crippen LogP) is 35.0. The van der Waals surface area contributed by atoms with Gasteiger partial charge >= 0.3 is 17.1 Å². The van der Waals surface area contributed by atoms with Gasteiger partial charge in [0.25, 0.3) is 9.84 Å². The highest BCUT2D eigenvalue weighted by Gasteiger charge is 2.76. The summed E-state index contributed by atoms with van der Waals surface area (Å²) in [7, 11) is -6.20. The number of halogens is 11. The standard InChI is InChI=1S/C28H38F6O2S.C25H38.C19H17S.2C18H15S.C7H3F5/c1-26(29,30)27(31,32)28(33,34)37(35,36)25-23(20-13-7-3-8-14-20)17-22(19-11-5-2-6-12-19)18-24(25)21-15-9-4-10-16-21;1-19-24(21-13-7-3-8-14-21)17-23(20-11-5-2-6-12-20)18-25(19)22-15-9-4-10-16-22;1-16-12-14-19(15-13-16)20(17-8-4-2-5-9-17)18-10-6-3-7-11-18;2*1-4-10-16(11-5-1)19(17-12-6-2-7-13-17)18-14-8-3-9-15-18;1-2-3(8)5(10)7(12)6(11)4(2)9/h17-21H,2-16H2,1H3;17-18,20-22H,2-16H2,1H3;2-15H,1H3;2*1-15H;1H3/q;;3*+1;. The van der Waals surface area contributed by atoms with Gasteiger partial charge in [-0.15, -0.1) is 0 Å². The second-order valence-corrected chi connectivity index (χ2v) is 44.3. The van der Waals surface area contributed by atoms with Gasteiger partial charge in [-0.1, -0.05) is 303 Å². The zero-order valence-electron chi connectivity index (χ0n) is 76.5. The van der Waals surface area contributed by atoms with Crippen LogP contribution in [-0.2, 0) is 42.5 Å². The molecule has 0 heterocycles. The molecule has 0 N–H and O–H groups in total. The van der Waals surface area contributed by atoms with Crippen molar-refractivity contribution >= 4 is 42.5 Å². The van der Waals surface area contributed by atoms with Crippen LogP contribution in [0.4, 0.5) is 48.3 Å². The van der Waals surface area contributed by atoms with Gasteiger partial charge in [0.15, 0.2) is 67.3 Å². The summed E-state index contributed by atoms with van der Waals surface area (Å²) in [4.78, 5) is 11.5. The monoisotopic (exact) mass is 1880 g/mol. The lowest BCUT2D eigenvalue weighted by Crippen LogP contribution is -2.56. The van der Waals surface area contributed by atoms with Crippen LogP contribution in [0.2, 0.25) is 0 Å². The van der Waals surface area contributed by atoms with Gasteiger partial charge in [-0.25, -0.2) is 30.4 Å². The highest BCUT2D eigenvalue weighted by molar-refractivity contribution is 7.97. The lowest BCUT2D eigenvalue weighted by molar-refractivity contribution is -0.271. The van der Waals surface area contributed by atoms with Crippen LogP contribution >= 0.6 is 0 Å². The Bertz CT molecular complexity index is 5100. The third kappa shape index (κ3) is 25.3. The Morgan fingerprint density at radius 1 is 0.250 bits per heavy atom. The highest BCUT2D eigenvalue weighted by Crippen LogP contribution is 2.55. The molecule has 132 heavy (non-hydrogen) atoms. The molecule has 6 saturated carbocycles. The molecule has 2 nitrogen and oxygen atoms in total. The number of hydrogen-bond donors (Lipinski definition) is 0. The van der Waals surface area contributed by atoms with Gasteiger partial charge < -0.3 is 0 Å². The molecule has 0 bridgehead atoms. The van der Waals surface area contributed by atoms with Crippen molar-refractivity contribution < 1.29 is 56.7 Å². The molecule has 18 rings (SSSR count). The number of benzene rings is 12. The molecule has 12 aromatic carbocycles. The summed E-state index contributed by atoms with van der Waals surface area (Å²) in [5, 5.41) is -5.96. The SMILES string of the molecule is CC(F)(F)C(F)(F)C(F)(F)S(=O)(=O)c1c(C2CCCCC2)cc(C2CCCCC2)cc1C1CCCCC1.Cc1c(C2CCCCC2)cc(C2CCCCC2)cc1C1CCCCC1.Cc1c(F)c(F)c(F)c(F)c1F.Cc1ccc([S+](c2ccccc2)c2ccccc2)cc1.c1ccc([S+](c2ccccc2)c2ccccc2)cc1.c1ccc([S+](c2ccccc2)c2ccccc2)cc1. The summed E-state index contributed by atoms with van der Waals surface area (Å²) in [5.74, 6) is -18.8. The maximum absolute atomic E-state index is 15.3. The number of rotatable bonds is 19. The van der Waals surface area contributed by atoms with Crippen LogP contribution in [0, 0.1) is 49.9 Å².